The first kappa shape index (κ1) is 14.2. The molecule has 0 unspecified atom stereocenters. The van der Waals surface area contributed by atoms with Crippen molar-refractivity contribution in [2.24, 2.45) is 5.92 Å². The van der Waals surface area contributed by atoms with Gasteiger partial charge in [0.15, 0.2) is 0 Å². The molecule has 1 aliphatic heterocycles. The first-order valence-electron chi connectivity index (χ1n) is 6.23. The summed E-state index contributed by atoms with van der Waals surface area (Å²) < 4.78 is 0. The Labute approximate surface area is 118 Å². The molecular weight excluding hydrogens is 266 g/mol. The first-order chi connectivity index (χ1) is 8.52. The summed E-state index contributed by atoms with van der Waals surface area (Å²) >= 11 is 7.98. The zero-order valence-corrected chi connectivity index (χ0v) is 12.5. The van der Waals surface area contributed by atoms with Gasteiger partial charge >= 0.3 is 0 Å². The summed E-state index contributed by atoms with van der Waals surface area (Å²) in [6.07, 6.45) is 0.802. The van der Waals surface area contributed by atoms with Crippen molar-refractivity contribution in [2.75, 3.05) is 32.1 Å². The Morgan fingerprint density at radius 1 is 1.50 bits per heavy atom. The summed E-state index contributed by atoms with van der Waals surface area (Å²) in [6.45, 7) is 0.899. The second kappa shape index (κ2) is 5.83. The zero-order valence-electron chi connectivity index (χ0n) is 10.9. The van der Waals surface area contributed by atoms with Crippen molar-refractivity contribution in [2.45, 2.75) is 12.0 Å². The fourth-order valence-electron chi connectivity index (χ4n) is 2.58. The molecule has 1 aromatic rings. The minimum absolute atomic E-state index is 0.254. The molecule has 2 atom stereocenters. The van der Waals surface area contributed by atoms with Gasteiger partial charge in [-0.3, -0.25) is 0 Å². The van der Waals surface area contributed by atoms with Crippen LogP contribution in [0, 0.1) is 5.92 Å². The molecule has 0 amide bonds. The minimum Gasteiger partial charge on any atom is -0.385 e. The predicted molar refractivity (Wildman–Crippen MR) is 79.3 cm³/mol. The summed E-state index contributed by atoms with van der Waals surface area (Å²) in [4.78, 5) is 2.14. The van der Waals surface area contributed by atoms with Crippen molar-refractivity contribution in [3.8, 4) is 0 Å². The van der Waals surface area contributed by atoms with Gasteiger partial charge in [-0.05, 0) is 44.0 Å². The van der Waals surface area contributed by atoms with Gasteiger partial charge in [0.25, 0.3) is 0 Å². The third kappa shape index (κ3) is 3.02. The van der Waals surface area contributed by atoms with Crippen LogP contribution in [0.3, 0.4) is 0 Å². The van der Waals surface area contributed by atoms with Crippen LogP contribution in [-0.2, 0) is 5.60 Å². The highest BCUT2D eigenvalue weighted by molar-refractivity contribution is 7.99. The number of hydrogen-bond acceptors (Lipinski definition) is 3. The third-order valence-electron chi connectivity index (χ3n) is 3.53. The van der Waals surface area contributed by atoms with Crippen LogP contribution in [0.25, 0.3) is 0 Å². The molecule has 4 heteroatoms. The summed E-state index contributed by atoms with van der Waals surface area (Å²) in [7, 11) is 4.11. The van der Waals surface area contributed by atoms with Gasteiger partial charge in [-0.15, -0.1) is 0 Å². The highest BCUT2D eigenvalue weighted by Crippen LogP contribution is 2.41. The fourth-order valence-corrected chi connectivity index (χ4v) is 4.06. The van der Waals surface area contributed by atoms with Crippen molar-refractivity contribution in [3.05, 3.63) is 34.9 Å². The monoisotopic (exact) mass is 285 g/mol. The van der Waals surface area contributed by atoms with Crippen LogP contribution >= 0.6 is 23.4 Å². The Kier molecular flexibility index (Phi) is 4.59. The minimum atomic E-state index is -0.736. The quantitative estimate of drug-likeness (QED) is 0.924. The second-order valence-electron chi connectivity index (χ2n) is 5.22. The second-order valence-corrected chi connectivity index (χ2v) is 6.80. The Hall–Kier alpha value is -0.220. The van der Waals surface area contributed by atoms with E-state index in [1.165, 1.54) is 0 Å². The lowest BCUT2D eigenvalue weighted by molar-refractivity contribution is -0.0293. The molecule has 100 valence electrons. The molecule has 2 nitrogen and oxygen atoms in total. The molecule has 0 radical (unpaired) electrons. The van der Waals surface area contributed by atoms with E-state index in [0.717, 1.165) is 30.0 Å². The molecule has 1 heterocycles. The average Bonchev–Trinajstić information content (AvgIpc) is 2.32. The van der Waals surface area contributed by atoms with E-state index in [0.29, 0.717) is 5.02 Å². The number of thioether (sulfide) groups is 1. The molecule has 1 N–H and O–H groups in total. The molecule has 1 fully saturated rings. The molecule has 1 aromatic carbocycles. The Morgan fingerprint density at radius 2 is 2.28 bits per heavy atom. The van der Waals surface area contributed by atoms with Crippen molar-refractivity contribution in [1.82, 2.24) is 4.90 Å². The van der Waals surface area contributed by atoms with E-state index in [-0.39, 0.29) is 5.92 Å². The van der Waals surface area contributed by atoms with E-state index < -0.39 is 5.60 Å². The molecule has 0 bridgehead atoms. The number of hydrogen-bond donors (Lipinski definition) is 1. The SMILES string of the molecule is CN(C)C[C@H]1CSCC[C@@]1(O)c1cccc(Cl)c1. The van der Waals surface area contributed by atoms with Crippen LogP contribution in [0.15, 0.2) is 24.3 Å². The number of nitrogens with zero attached hydrogens (tertiary/aromatic N) is 1. The lowest BCUT2D eigenvalue weighted by atomic mass is 9.79. The van der Waals surface area contributed by atoms with Crippen LogP contribution in [0.1, 0.15) is 12.0 Å². The van der Waals surface area contributed by atoms with Gasteiger partial charge in [0, 0.05) is 23.2 Å². The maximum absolute atomic E-state index is 11.1. The molecule has 0 aromatic heterocycles. The highest BCUT2D eigenvalue weighted by Gasteiger charge is 2.40. The number of aliphatic hydroxyl groups is 1. The van der Waals surface area contributed by atoms with Crippen molar-refractivity contribution in [1.29, 1.82) is 0 Å². The lowest BCUT2D eigenvalue weighted by Gasteiger charge is -2.41. The van der Waals surface area contributed by atoms with Crippen LogP contribution in [0.5, 0.6) is 0 Å². The molecule has 0 aliphatic carbocycles. The standard InChI is InChI=1S/C14H20ClNOS/c1-16(2)9-12-10-18-7-6-14(12,17)11-4-3-5-13(15)8-11/h3-5,8,12,17H,6-7,9-10H2,1-2H3/t12-,14+/m0/s1. The van der Waals surface area contributed by atoms with E-state index in [1.54, 1.807) is 0 Å². The molecular formula is C14H20ClNOS. The van der Waals surface area contributed by atoms with Crippen LogP contribution in [0.4, 0.5) is 0 Å². The average molecular weight is 286 g/mol. The van der Waals surface area contributed by atoms with Gasteiger partial charge in [-0.25, -0.2) is 0 Å². The Balaban J connectivity index is 2.29. The smallest absolute Gasteiger partial charge is 0.0953 e. The normalized spacial score (nSPS) is 28.6. The topological polar surface area (TPSA) is 23.5 Å². The maximum atomic E-state index is 11.1. The summed E-state index contributed by atoms with van der Waals surface area (Å²) in [6, 6.07) is 7.67. The number of rotatable bonds is 3. The van der Waals surface area contributed by atoms with Gasteiger partial charge in [0.05, 0.1) is 5.60 Å². The first-order valence-corrected chi connectivity index (χ1v) is 7.76. The third-order valence-corrected chi connectivity index (χ3v) is 4.90. The van der Waals surface area contributed by atoms with Crippen LogP contribution < -0.4 is 0 Å². The maximum Gasteiger partial charge on any atom is 0.0953 e. The lowest BCUT2D eigenvalue weighted by Crippen LogP contribution is -2.45. The largest absolute Gasteiger partial charge is 0.385 e. The molecule has 1 saturated heterocycles. The summed E-state index contributed by atoms with van der Waals surface area (Å²) in [5.41, 5.74) is 0.225. The van der Waals surface area contributed by atoms with E-state index in [9.17, 15) is 5.11 Å². The molecule has 1 aliphatic rings. The van der Waals surface area contributed by atoms with Gasteiger partial charge < -0.3 is 10.0 Å². The zero-order chi connectivity index (χ0) is 13.2. The summed E-state index contributed by atoms with van der Waals surface area (Å²) in [5, 5.41) is 11.8. The fraction of sp³-hybridized carbons (Fsp3) is 0.571. The molecule has 2 rings (SSSR count). The van der Waals surface area contributed by atoms with Gasteiger partial charge in [-0.1, -0.05) is 23.7 Å². The molecule has 0 saturated carbocycles. The Morgan fingerprint density at radius 3 is 2.94 bits per heavy atom. The molecule has 18 heavy (non-hydrogen) atoms. The Bertz CT molecular complexity index is 413. The molecule has 0 spiro atoms. The highest BCUT2D eigenvalue weighted by atomic mass is 35.5. The number of benzene rings is 1. The number of halogens is 1. The van der Waals surface area contributed by atoms with Crippen LogP contribution in [-0.4, -0.2) is 42.2 Å². The van der Waals surface area contributed by atoms with Crippen LogP contribution in [0.2, 0.25) is 5.02 Å². The van der Waals surface area contributed by atoms with E-state index in [4.69, 9.17) is 11.6 Å². The van der Waals surface area contributed by atoms with Gasteiger partial charge in [0.1, 0.15) is 0 Å². The van der Waals surface area contributed by atoms with E-state index in [2.05, 4.69) is 19.0 Å². The van der Waals surface area contributed by atoms with Crippen molar-refractivity contribution in [3.63, 3.8) is 0 Å². The van der Waals surface area contributed by atoms with Crippen molar-refractivity contribution < 1.29 is 5.11 Å². The van der Waals surface area contributed by atoms with Gasteiger partial charge in [-0.2, -0.15) is 11.8 Å². The van der Waals surface area contributed by atoms with E-state index in [1.807, 2.05) is 36.0 Å². The predicted octanol–water partition coefficient (Wildman–Crippen LogP) is 2.84. The van der Waals surface area contributed by atoms with Crippen molar-refractivity contribution >= 4 is 23.4 Å². The van der Waals surface area contributed by atoms with E-state index >= 15 is 0 Å². The van der Waals surface area contributed by atoms with Gasteiger partial charge in [0.2, 0.25) is 0 Å². The summed E-state index contributed by atoms with van der Waals surface area (Å²) in [5.74, 6) is 2.26.